The van der Waals surface area contributed by atoms with E-state index in [0.717, 1.165) is 35.9 Å². The Hall–Kier alpha value is -3.28. The molecule has 1 saturated heterocycles. The minimum absolute atomic E-state index is 0.127. The predicted octanol–water partition coefficient (Wildman–Crippen LogP) is 3.91. The number of nitrogens with one attached hydrogen (secondary N) is 1. The molecule has 36 heavy (non-hydrogen) atoms. The van der Waals surface area contributed by atoms with Crippen LogP contribution in [0.25, 0.3) is 17.1 Å². The number of pyridine rings is 1. The zero-order valence-corrected chi connectivity index (χ0v) is 21.6. The van der Waals surface area contributed by atoms with Crippen LogP contribution in [0.4, 0.5) is 0 Å². The van der Waals surface area contributed by atoms with Crippen LogP contribution in [0.15, 0.2) is 59.3 Å². The number of ether oxygens (including phenoxy) is 1. The Balaban J connectivity index is 1.30. The highest BCUT2D eigenvalue weighted by atomic mass is 32.2. The van der Waals surface area contributed by atoms with E-state index in [-0.39, 0.29) is 5.91 Å². The van der Waals surface area contributed by atoms with Gasteiger partial charge in [0.15, 0.2) is 11.0 Å². The number of benzene rings is 1. The minimum Gasteiger partial charge on any atom is -0.495 e. The molecule has 0 atom stereocenters. The standard InChI is InChI=1S/C25H27N7O2S2/c1-34-21-9-3-2-8-20(21)32-23(18-7-6-10-26-15-18)29-30-25(32)36-17-22-28-19(16-35-22)24(33)27-11-14-31-12-4-5-13-31/h2-3,6-10,15-16H,4-5,11-14,17H2,1H3,(H,27,33). The lowest BCUT2D eigenvalue weighted by atomic mass is 10.2. The highest BCUT2D eigenvalue weighted by molar-refractivity contribution is 7.98. The Morgan fingerprint density at radius 1 is 1.17 bits per heavy atom. The fourth-order valence-electron chi connectivity index (χ4n) is 4.11. The second-order valence-corrected chi connectivity index (χ2v) is 10.2. The van der Waals surface area contributed by atoms with E-state index in [1.165, 1.54) is 35.9 Å². The minimum atomic E-state index is -0.127. The van der Waals surface area contributed by atoms with E-state index in [1.807, 2.05) is 46.3 Å². The molecule has 0 saturated carbocycles. The molecular weight excluding hydrogens is 494 g/mol. The van der Waals surface area contributed by atoms with Gasteiger partial charge in [0.05, 0.1) is 18.6 Å². The normalized spacial score (nSPS) is 13.7. The Kier molecular flexibility index (Phi) is 7.89. The number of hydrogen-bond acceptors (Lipinski definition) is 9. The van der Waals surface area contributed by atoms with Crippen LogP contribution < -0.4 is 10.1 Å². The number of carbonyl (C=O) groups excluding carboxylic acids is 1. The number of carbonyl (C=O) groups is 1. The van der Waals surface area contributed by atoms with Crippen molar-refractivity contribution >= 4 is 29.0 Å². The molecule has 3 aromatic heterocycles. The summed E-state index contributed by atoms with van der Waals surface area (Å²) in [6.07, 6.45) is 5.98. The first-order chi connectivity index (χ1) is 17.7. The summed E-state index contributed by atoms with van der Waals surface area (Å²) in [5.74, 6) is 1.82. The second kappa shape index (κ2) is 11.6. The summed E-state index contributed by atoms with van der Waals surface area (Å²) in [6.45, 7) is 3.77. The largest absolute Gasteiger partial charge is 0.495 e. The molecule has 11 heteroatoms. The average Bonchev–Trinajstić information content (AvgIpc) is 3.69. The highest BCUT2D eigenvalue weighted by Gasteiger charge is 2.20. The van der Waals surface area contributed by atoms with Gasteiger partial charge in [-0.25, -0.2) is 4.98 Å². The van der Waals surface area contributed by atoms with Crippen LogP contribution in [-0.4, -0.2) is 68.8 Å². The van der Waals surface area contributed by atoms with Crippen LogP contribution in [0.5, 0.6) is 5.75 Å². The van der Waals surface area contributed by atoms with Crippen LogP contribution >= 0.6 is 23.1 Å². The molecule has 186 valence electrons. The van der Waals surface area contributed by atoms with E-state index in [2.05, 4.69) is 30.4 Å². The molecule has 1 aromatic carbocycles. The molecule has 1 N–H and O–H groups in total. The highest BCUT2D eigenvalue weighted by Crippen LogP contribution is 2.33. The van der Waals surface area contributed by atoms with Gasteiger partial charge in [-0.05, 0) is 50.2 Å². The molecule has 4 heterocycles. The number of thiazole rings is 1. The lowest BCUT2D eigenvalue weighted by Crippen LogP contribution is -2.33. The molecule has 1 amide bonds. The maximum absolute atomic E-state index is 12.5. The van der Waals surface area contributed by atoms with Crippen LogP contribution in [0.3, 0.4) is 0 Å². The van der Waals surface area contributed by atoms with Crippen molar-refractivity contribution in [3.63, 3.8) is 0 Å². The summed E-state index contributed by atoms with van der Waals surface area (Å²) in [7, 11) is 1.65. The number of likely N-dealkylation sites (tertiary alicyclic amines) is 1. The summed E-state index contributed by atoms with van der Waals surface area (Å²) >= 11 is 2.99. The van der Waals surface area contributed by atoms with Crippen molar-refractivity contribution in [3.8, 4) is 22.8 Å². The van der Waals surface area contributed by atoms with Crippen LogP contribution in [0.2, 0.25) is 0 Å². The number of methoxy groups -OCH3 is 1. The van der Waals surface area contributed by atoms with Crippen molar-refractivity contribution in [1.82, 2.24) is 34.9 Å². The maximum atomic E-state index is 12.5. The molecule has 0 bridgehead atoms. The van der Waals surface area contributed by atoms with Crippen LogP contribution in [0.1, 0.15) is 28.3 Å². The fraction of sp³-hybridized carbons (Fsp3) is 0.320. The first-order valence-electron chi connectivity index (χ1n) is 11.8. The summed E-state index contributed by atoms with van der Waals surface area (Å²) < 4.78 is 7.59. The Bertz CT molecular complexity index is 1300. The molecule has 4 aromatic rings. The van der Waals surface area contributed by atoms with Gasteiger partial charge >= 0.3 is 0 Å². The van der Waals surface area contributed by atoms with Gasteiger partial charge in [-0.1, -0.05) is 23.9 Å². The molecule has 1 fully saturated rings. The second-order valence-electron chi connectivity index (χ2n) is 8.27. The van der Waals surface area contributed by atoms with E-state index in [4.69, 9.17) is 4.74 Å². The van der Waals surface area contributed by atoms with E-state index in [0.29, 0.717) is 34.7 Å². The SMILES string of the molecule is COc1ccccc1-n1c(SCc2nc(C(=O)NCCN3CCCC3)cs2)nnc1-c1cccnc1. The number of hydrogen-bond donors (Lipinski definition) is 1. The van der Waals surface area contributed by atoms with Gasteiger partial charge in [0.1, 0.15) is 16.5 Å². The Labute approximate surface area is 217 Å². The van der Waals surface area contributed by atoms with Crippen molar-refractivity contribution in [3.05, 3.63) is 64.9 Å². The van der Waals surface area contributed by atoms with Crippen molar-refractivity contribution in [2.45, 2.75) is 23.8 Å². The van der Waals surface area contributed by atoms with E-state index in [1.54, 1.807) is 19.5 Å². The summed E-state index contributed by atoms with van der Waals surface area (Å²) in [4.78, 5) is 23.7. The molecule has 9 nitrogen and oxygen atoms in total. The fourth-order valence-corrected chi connectivity index (χ4v) is 5.85. The Morgan fingerprint density at radius 3 is 2.83 bits per heavy atom. The number of rotatable bonds is 10. The van der Waals surface area contributed by atoms with E-state index >= 15 is 0 Å². The van der Waals surface area contributed by atoms with E-state index < -0.39 is 0 Å². The van der Waals surface area contributed by atoms with Crippen molar-refractivity contribution < 1.29 is 9.53 Å². The molecule has 5 rings (SSSR count). The summed E-state index contributed by atoms with van der Waals surface area (Å²) in [5, 5.41) is 15.3. The molecule has 1 aliphatic heterocycles. The first kappa shape index (κ1) is 24.4. The topological polar surface area (TPSA) is 98.1 Å². The first-order valence-corrected chi connectivity index (χ1v) is 13.7. The zero-order valence-electron chi connectivity index (χ0n) is 20.0. The van der Waals surface area contributed by atoms with Gasteiger partial charge in [-0.2, -0.15) is 0 Å². The lowest BCUT2D eigenvalue weighted by molar-refractivity contribution is 0.0945. The number of para-hydroxylation sites is 2. The van der Waals surface area contributed by atoms with Gasteiger partial charge in [0.2, 0.25) is 0 Å². The van der Waals surface area contributed by atoms with Crippen molar-refractivity contribution in [2.24, 2.45) is 0 Å². The monoisotopic (exact) mass is 521 g/mol. The summed E-state index contributed by atoms with van der Waals surface area (Å²) in [6, 6.07) is 11.6. The average molecular weight is 522 g/mol. The zero-order chi connectivity index (χ0) is 24.7. The quantitative estimate of drug-likeness (QED) is 0.314. The van der Waals surface area contributed by atoms with E-state index in [9.17, 15) is 4.79 Å². The van der Waals surface area contributed by atoms with Gasteiger partial charge in [-0.15, -0.1) is 21.5 Å². The molecule has 0 spiro atoms. The molecule has 0 unspecified atom stereocenters. The number of nitrogens with zero attached hydrogens (tertiary/aromatic N) is 6. The molecular formula is C25H27N7O2S2. The number of aromatic nitrogens is 5. The number of amides is 1. The third-order valence-electron chi connectivity index (χ3n) is 5.90. The lowest BCUT2D eigenvalue weighted by Gasteiger charge is -2.14. The van der Waals surface area contributed by atoms with Crippen molar-refractivity contribution in [2.75, 3.05) is 33.3 Å². The third kappa shape index (κ3) is 5.58. The predicted molar refractivity (Wildman–Crippen MR) is 141 cm³/mol. The smallest absolute Gasteiger partial charge is 0.270 e. The van der Waals surface area contributed by atoms with Gasteiger partial charge in [0.25, 0.3) is 5.91 Å². The Morgan fingerprint density at radius 2 is 2.03 bits per heavy atom. The molecule has 0 radical (unpaired) electrons. The molecule has 0 aliphatic carbocycles. The summed E-state index contributed by atoms with van der Waals surface area (Å²) in [5.41, 5.74) is 2.15. The molecule has 1 aliphatic rings. The van der Waals surface area contributed by atoms with Crippen molar-refractivity contribution in [1.29, 1.82) is 0 Å². The van der Waals surface area contributed by atoms with Crippen LogP contribution in [0, 0.1) is 0 Å². The van der Waals surface area contributed by atoms with Gasteiger partial charge in [0, 0.05) is 36.4 Å². The third-order valence-corrected chi connectivity index (χ3v) is 7.87. The van der Waals surface area contributed by atoms with Gasteiger partial charge in [-0.3, -0.25) is 14.3 Å². The number of thioether (sulfide) groups is 1. The van der Waals surface area contributed by atoms with Crippen LogP contribution in [-0.2, 0) is 5.75 Å². The van der Waals surface area contributed by atoms with Gasteiger partial charge < -0.3 is 15.0 Å². The maximum Gasteiger partial charge on any atom is 0.270 e.